The van der Waals surface area contributed by atoms with Crippen molar-refractivity contribution < 1.29 is 22.7 Å². The summed E-state index contributed by atoms with van der Waals surface area (Å²) in [5.41, 5.74) is 1.70. The van der Waals surface area contributed by atoms with Crippen LogP contribution in [0.2, 0.25) is 0 Å². The van der Waals surface area contributed by atoms with Gasteiger partial charge in [-0.3, -0.25) is 4.79 Å². The molecule has 104 valence electrons. The second kappa shape index (κ2) is 5.50. The number of hydrogen-bond acceptors (Lipinski definition) is 2. The van der Waals surface area contributed by atoms with E-state index in [0.717, 1.165) is 5.56 Å². The Morgan fingerprint density at radius 3 is 2.79 bits per heavy atom. The molecule has 2 rings (SSSR count). The van der Waals surface area contributed by atoms with Crippen LogP contribution in [0.25, 0.3) is 0 Å². The van der Waals surface area contributed by atoms with E-state index in [1.165, 1.54) is 0 Å². The number of amides is 1. The summed E-state index contributed by atoms with van der Waals surface area (Å²) in [6, 6.07) is 5.19. The average Bonchev–Trinajstić information content (AvgIpc) is 2.33. The summed E-state index contributed by atoms with van der Waals surface area (Å²) in [6.45, 7) is 0.00619. The molecule has 0 aliphatic carbocycles. The van der Waals surface area contributed by atoms with Gasteiger partial charge in [0.05, 0.1) is 6.61 Å². The summed E-state index contributed by atoms with van der Waals surface area (Å²) in [4.78, 5) is 11.2. The lowest BCUT2D eigenvalue weighted by molar-refractivity contribution is -0.136. The van der Waals surface area contributed by atoms with Crippen LogP contribution in [0.1, 0.15) is 24.8 Å². The molecule has 0 aromatic heterocycles. The zero-order valence-electron chi connectivity index (χ0n) is 10.2. The van der Waals surface area contributed by atoms with Crippen LogP contribution in [0.15, 0.2) is 18.2 Å². The van der Waals surface area contributed by atoms with Gasteiger partial charge in [0.1, 0.15) is 5.75 Å². The van der Waals surface area contributed by atoms with Crippen molar-refractivity contribution in [2.45, 2.75) is 31.9 Å². The first-order chi connectivity index (χ1) is 8.94. The van der Waals surface area contributed by atoms with Crippen molar-refractivity contribution >= 4 is 11.6 Å². The molecule has 0 atom stereocenters. The highest BCUT2D eigenvalue weighted by atomic mass is 19.4. The minimum absolute atomic E-state index is 0.00619. The van der Waals surface area contributed by atoms with Crippen molar-refractivity contribution in [3.05, 3.63) is 23.8 Å². The molecule has 0 radical (unpaired) electrons. The summed E-state index contributed by atoms with van der Waals surface area (Å²) < 4.78 is 41.1. The molecule has 1 aromatic carbocycles. The van der Waals surface area contributed by atoms with Gasteiger partial charge in [0.15, 0.2) is 0 Å². The summed E-state index contributed by atoms with van der Waals surface area (Å²) in [7, 11) is 0. The standard InChI is InChI=1S/C13H14F3NO2/c14-13(15,16)6-1-7-19-10-4-2-9-3-5-12(18)17-11(9)8-10/h2,4,8H,1,3,5-7H2,(H,17,18). The maximum absolute atomic E-state index is 11.9. The van der Waals surface area contributed by atoms with Crippen molar-refractivity contribution in [3.8, 4) is 5.75 Å². The first-order valence-corrected chi connectivity index (χ1v) is 6.06. The molecule has 1 amide bonds. The van der Waals surface area contributed by atoms with Gasteiger partial charge in [-0.2, -0.15) is 13.2 Å². The molecule has 19 heavy (non-hydrogen) atoms. The van der Waals surface area contributed by atoms with Gasteiger partial charge in [0, 0.05) is 24.6 Å². The number of hydrogen-bond donors (Lipinski definition) is 1. The molecular weight excluding hydrogens is 259 g/mol. The van der Waals surface area contributed by atoms with Crippen LogP contribution in [0.4, 0.5) is 18.9 Å². The Kier molecular flexibility index (Phi) is 3.97. The molecule has 1 aliphatic rings. The fourth-order valence-corrected chi connectivity index (χ4v) is 1.90. The largest absolute Gasteiger partial charge is 0.494 e. The van der Waals surface area contributed by atoms with E-state index in [0.29, 0.717) is 24.3 Å². The van der Waals surface area contributed by atoms with Crippen LogP contribution in [-0.4, -0.2) is 18.7 Å². The minimum atomic E-state index is -4.15. The van der Waals surface area contributed by atoms with Gasteiger partial charge in [0.25, 0.3) is 0 Å². The van der Waals surface area contributed by atoms with Crippen LogP contribution < -0.4 is 10.1 Å². The number of carbonyl (C=O) groups excluding carboxylic acids is 1. The molecule has 1 heterocycles. The Labute approximate surface area is 108 Å². The zero-order chi connectivity index (χ0) is 13.9. The Morgan fingerprint density at radius 2 is 2.05 bits per heavy atom. The van der Waals surface area contributed by atoms with Crippen molar-refractivity contribution in [1.82, 2.24) is 0 Å². The molecule has 1 aliphatic heterocycles. The van der Waals surface area contributed by atoms with Gasteiger partial charge < -0.3 is 10.1 Å². The number of carbonyl (C=O) groups is 1. The number of fused-ring (bicyclic) bond motifs is 1. The Morgan fingerprint density at radius 1 is 1.26 bits per heavy atom. The number of benzene rings is 1. The lowest BCUT2D eigenvalue weighted by Gasteiger charge is -2.17. The normalized spacial score (nSPS) is 14.8. The molecule has 1 N–H and O–H groups in total. The average molecular weight is 273 g/mol. The van der Waals surface area contributed by atoms with E-state index in [4.69, 9.17) is 4.74 Å². The maximum Gasteiger partial charge on any atom is 0.389 e. The molecule has 0 spiro atoms. The summed E-state index contributed by atoms with van der Waals surface area (Å²) >= 11 is 0. The quantitative estimate of drug-likeness (QED) is 0.855. The van der Waals surface area contributed by atoms with Crippen LogP contribution in [0.5, 0.6) is 5.75 Å². The fourth-order valence-electron chi connectivity index (χ4n) is 1.90. The van der Waals surface area contributed by atoms with E-state index >= 15 is 0 Å². The molecule has 0 bridgehead atoms. The number of rotatable bonds is 4. The van der Waals surface area contributed by atoms with E-state index in [-0.39, 0.29) is 18.9 Å². The lowest BCUT2D eigenvalue weighted by Crippen LogP contribution is -2.18. The number of anilines is 1. The Bertz CT molecular complexity index is 471. The SMILES string of the molecule is O=C1CCc2ccc(OCCCC(F)(F)F)cc2N1. The number of aryl methyl sites for hydroxylation is 1. The van der Waals surface area contributed by atoms with E-state index < -0.39 is 12.6 Å². The van der Waals surface area contributed by atoms with Crippen LogP contribution in [0, 0.1) is 0 Å². The second-order valence-corrected chi connectivity index (χ2v) is 4.43. The molecule has 1 aromatic rings. The van der Waals surface area contributed by atoms with Gasteiger partial charge in [-0.05, 0) is 24.5 Å². The maximum atomic E-state index is 11.9. The number of ether oxygens (including phenoxy) is 1. The van der Waals surface area contributed by atoms with Gasteiger partial charge in [-0.25, -0.2) is 0 Å². The molecule has 3 nitrogen and oxygen atoms in total. The number of nitrogens with one attached hydrogen (secondary N) is 1. The topological polar surface area (TPSA) is 38.3 Å². The molecule has 6 heteroatoms. The molecular formula is C13H14F3NO2. The van der Waals surface area contributed by atoms with E-state index in [9.17, 15) is 18.0 Å². The predicted molar refractivity (Wildman–Crippen MR) is 64.2 cm³/mol. The van der Waals surface area contributed by atoms with E-state index in [1.807, 2.05) is 6.07 Å². The van der Waals surface area contributed by atoms with Gasteiger partial charge in [-0.1, -0.05) is 6.07 Å². The van der Waals surface area contributed by atoms with Crippen LogP contribution in [0.3, 0.4) is 0 Å². The van der Waals surface area contributed by atoms with Crippen LogP contribution in [-0.2, 0) is 11.2 Å². The smallest absolute Gasteiger partial charge is 0.389 e. The Hall–Kier alpha value is -1.72. The van der Waals surface area contributed by atoms with Crippen molar-refractivity contribution in [1.29, 1.82) is 0 Å². The van der Waals surface area contributed by atoms with Gasteiger partial charge >= 0.3 is 6.18 Å². The molecule has 0 unspecified atom stereocenters. The summed E-state index contributed by atoms with van der Waals surface area (Å²) in [5, 5.41) is 2.72. The number of halogens is 3. The van der Waals surface area contributed by atoms with Crippen molar-refractivity contribution in [3.63, 3.8) is 0 Å². The van der Waals surface area contributed by atoms with Gasteiger partial charge in [0.2, 0.25) is 5.91 Å². The van der Waals surface area contributed by atoms with Gasteiger partial charge in [-0.15, -0.1) is 0 Å². The third kappa shape index (κ3) is 4.15. The first-order valence-electron chi connectivity index (χ1n) is 6.06. The molecule has 0 fully saturated rings. The summed E-state index contributed by atoms with van der Waals surface area (Å²) in [5.74, 6) is 0.421. The molecule has 0 saturated heterocycles. The highest BCUT2D eigenvalue weighted by molar-refractivity contribution is 5.94. The van der Waals surface area contributed by atoms with E-state index in [1.54, 1.807) is 12.1 Å². The third-order valence-electron chi connectivity index (χ3n) is 2.85. The Balaban J connectivity index is 1.88. The van der Waals surface area contributed by atoms with Crippen molar-refractivity contribution in [2.75, 3.05) is 11.9 Å². The summed E-state index contributed by atoms with van der Waals surface area (Å²) in [6.07, 6.45) is -3.94. The van der Waals surface area contributed by atoms with E-state index in [2.05, 4.69) is 5.32 Å². The minimum Gasteiger partial charge on any atom is -0.494 e. The first kappa shape index (κ1) is 13.7. The van der Waals surface area contributed by atoms with Crippen LogP contribution >= 0.6 is 0 Å². The highest BCUT2D eigenvalue weighted by Crippen LogP contribution is 2.27. The van der Waals surface area contributed by atoms with Crippen molar-refractivity contribution in [2.24, 2.45) is 0 Å². The molecule has 0 saturated carbocycles. The second-order valence-electron chi connectivity index (χ2n) is 4.43. The monoisotopic (exact) mass is 273 g/mol. The zero-order valence-corrected chi connectivity index (χ0v) is 10.2. The number of alkyl halides is 3. The predicted octanol–water partition coefficient (Wildman–Crippen LogP) is 3.29. The highest BCUT2D eigenvalue weighted by Gasteiger charge is 2.26. The fraction of sp³-hybridized carbons (Fsp3) is 0.462. The third-order valence-corrected chi connectivity index (χ3v) is 2.85. The lowest BCUT2D eigenvalue weighted by atomic mass is 10.0.